The molecule has 7 heteroatoms. The van der Waals surface area contributed by atoms with E-state index in [-0.39, 0.29) is 16.5 Å². The molecule has 134 valence electrons. The minimum absolute atomic E-state index is 0.00471. The first-order valence-electron chi connectivity index (χ1n) is 7.91. The van der Waals surface area contributed by atoms with Gasteiger partial charge in [-0.15, -0.1) is 0 Å². The van der Waals surface area contributed by atoms with Gasteiger partial charge in [0.15, 0.2) is 0 Å². The molecule has 0 aliphatic rings. The Morgan fingerprint density at radius 1 is 1.08 bits per heavy atom. The Kier molecular flexibility index (Phi) is 6.14. The molecule has 1 N–H and O–H groups in total. The third-order valence-electron chi connectivity index (χ3n) is 3.45. The van der Waals surface area contributed by atoms with Gasteiger partial charge in [-0.25, -0.2) is 12.8 Å². The number of rotatable bonds is 7. The number of nitrogens with one attached hydrogen (secondary N) is 1. The van der Waals surface area contributed by atoms with Crippen molar-refractivity contribution in [3.63, 3.8) is 0 Å². The summed E-state index contributed by atoms with van der Waals surface area (Å²) in [5.74, 6) is -0.980. The molecule has 0 radical (unpaired) electrons. The van der Waals surface area contributed by atoms with Gasteiger partial charge in [0.05, 0.1) is 10.6 Å². The van der Waals surface area contributed by atoms with E-state index in [2.05, 4.69) is 5.32 Å². The van der Waals surface area contributed by atoms with Crippen LogP contribution in [0, 0.1) is 11.7 Å². The molecule has 0 unspecified atom stereocenters. The Labute approximate surface area is 147 Å². The van der Waals surface area contributed by atoms with Crippen LogP contribution in [0.3, 0.4) is 0 Å². The van der Waals surface area contributed by atoms with Gasteiger partial charge in [0, 0.05) is 6.54 Å². The first-order valence-corrected chi connectivity index (χ1v) is 9.35. The van der Waals surface area contributed by atoms with E-state index in [1.165, 1.54) is 30.3 Å². The molecular weight excluding hydrogens is 343 g/mol. The molecule has 5 nitrogen and oxygen atoms in total. The number of sulfonamides is 1. The van der Waals surface area contributed by atoms with Crippen molar-refractivity contribution in [2.75, 3.05) is 17.4 Å². The topological polar surface area (TPSA) is 66.5 Å². The van der Waals surface area contributed by atoms with Crippen LogP contribution in [0.4, 0.5) is 10.1 Å². The summed E-state index contributed by atoms with van der Waals surface area (Å²) in [7, 11) is -4.08. The highest BCUT2D eigenvalue weighted by Gasteiger charge is 2.28. The minimum atomic E-state index is -4.08. The zero-order chi connectivity index (χ0) is 18.4. The zero-order valence-electron chi connectivity index (χ0n) is 14.1. The number of hydrogen-bond donors (Lipinski definition) is 1. The largest absolute Gasteiger partial charge is 0.354 e. The highest BCUT2D eigenvalue weighted by atomic mass is 32.2. The third-order valence-corrected chi connectivity index (χ3v) is 5.22. The number of amides is 1. The lowest BCUT2D eigenvalue weighted by Crippen LogP contribution is -2.42. The van der Waals surface area contributed by atoms with Gasteiger partial charge in [0.25, 0.3) is 10.0 Å². The van der Waals surface area contributed by atoms with Crippen molar-refractivity contribution in [3.8, 4) is 0 Å². The predicted octanol–water partition coefficient (Wildman–Crippen LogP) is 2.79. The second kappa shape index (κ2) is 8.11. The maximum Gasteiger partial charge on any atom is 0.264 e. The maximum atomic E-state index is 14.2. The number of carbonyl (C=O) groups is 1. The first-order chi connectivity index (χ1) is 11.8. The van der Waals surface area contributed by atoms with E-state index in [1.807, 2.05) is 13.8 Å². The van der Waals surface area contributed by atoms with E-state index in [9.17, 15) is 17.6 Å². The van der Waals surface area contributed by atoms with E-state index in [1.54, 1.807) is 18.2 Å². The normalized spacial score (nSPS) is 11.4. The molecule has 2 aromatic carbocycles. The Morgan fingerprint density at radius 2 is 1.68 bits per heavy atom. The second-order valence-corrected chi connectivity index (χ2v) is 7.84. The van der Waals surface area contributed by atoms with Crippen LogP contribution in [0.5, 0.6) is 0 Å². The fourth-order valence-corrected chi connectivity index (χ4v) is 3.63. The SMILES string of the molecule is CC(C)CNC(=O)CN(c1ccccc1F)S(=O)(=O)c1ccccc1. The molecule has 0 aliphatic heterocycles. The van der Waals surface area contributed by atoms with Crippen molar-refractivity contribution in [1.82, 2.24) is 5.32 Å². The van der Waals surface area contributed by atoms with Crippen LogP contribution in [-0.2, 0) is 14.8 Å². The molecule has 0 aliphatic carbocycles. The number of nitrogens with zero attached hydrogens (tertiary/aromatic N) is 1. The van der Waals surface area contributed by atoms with Gasteiger partial charge in [-0.2, -0.15) is 0 Å². The molecule has 0 saturated carbocycles. The van der Waals surface area contributed by atoms with Crippen molar-refractivity contribution in [2.24, 2.45) is 5.92 Å². The summed E-state index contributed by atoms with van der Waals surface area (Å²) in [6, 6.07) is 13.1. The van der Waals surface area contributed by atoms with Crippen LogP contribution in [-0.4, -0.2) is 27.4 Å². The smallest absolute Gasteiger partial charge is 0.264 e. The van der Waals surface area contributed by atoms with E-state index in [4.69, 9.17) is 0 Å². The fourth-order valence-electron chi connectivity index (χ4n) is 2.18. The summed E-state index contributed by atoms with van der Waals surface area (Å²) < 4.78 is 40.9. The Bertz CT molecular complexity index is 823. The molecule has 0 spiro atoms. The zero-order valence-corrected chi connectivity index (χ0v) is 15.0. The molecular formula is C18H21FN2O3S. The molecule has 1 amide bonds. The van der Waals surface area contributed by atoms with E-state index in [0.29, 0.717) is 6.54 Å². The summed E-state index contributed by atoms with van der Waals surface area (Å²) in [4.78, 5) is 12.2. The molecule has 0 heterocycles. The highest BCUT2D eigenvalue weighted by Crippen LogP contribution is 2.25. The fraction of sp³-hybridized carbons (Fsp3) is 0.278. The average molecular weight is 364 g/mol. The third kappa shape index (κ3) is 4.79. The number of hydrogen-bond acceptors (Lipinski definition) is 3. The van der Waals surface area contributed by atoms with Crippen LogP contribution < -0.4 is 9.62 Å². The lowest BCUT2D eigenvalue weighted by molar-refractivity contribution is -0.119. The van der Waals surface area contributed by atoms with Gasteiger partial charge in [-0.05, 0) is 30.2 Å². The standard InChI is InChI=1S/C18H21FN2O3S/c1-14(2)12-20-18(22)13-21(17-11-7-6-10-16(17)19)25(23,24)15-8-4-3-5-9-15/h3-11,14H,12-13H2,1-2H3,(H,20,22). The van der Waals surface area contributed by atoms with Gasteiger partial charge < -0.3 is 5.32 Å². The van der Waals surface area contributed by atoms with Crippen LogP contribution in [0.15, 0.2) is 59.5 Å². The minimum Gasteiger partial charge on any atom is -0.354 e. The van der Waals surface area contributed by atoms with Crippen LogP contribution >= 0.6 is 0 Å². The quantitative estimate of drug-likeness (QED) is 0.822. The lowest BCUT2D eigenvalue weighted by Gasteiger charge is -2.24. The van der Waals surface area contributed by atoms with Gasteiger partial charge in [0.1, 0.15) is 12.4 Å². The molecule has 2 rings (SSSR count). The van der Waals surface area contributed by atoms with Crippen LogP contribution in [0.2, 0.25) is 0 Å². The van der Waals surface area contributed by atoms with Gasteiger partial charge in [-0.1, -0.05) is 44.2 Å². The van der Waals surface area contributed by atoms with Crippen LogP contribution in [0.25, 0.3) is 0 Å². The number of anilines is 1. The van der Waals surface area contributed by atoms with Crippen LogP contribution in [0.1, 0.15) is 13.8 Å². The Hall–Kier alpha value is -2.41. The van der Waals surface area contributed by atoms with Gasteiger partial charge in [-0.3, -0.25) is 9.10 Å². The summed E-state index contributed by atoms with van der Waals surface area (Å²) in [5, 5.41) is 2.66. The van der Waals surface area contributed by atoms with Gasteiger partial charge in [0.2, 0.25) is 5.91 Å². The number of carbonyl (C=O) groups excluding carboxylic acids is 1. The molecule has 0 fully saturated rings. The Balaban J connectivity index is 2.40. The molecule has 0 atom stereocenters. The summed E-state index contributed by atoms with van der Waals surface area (Å²) in [6.45, 7) is 3.77. The number of halogens is 1. The van der Waals surface area contributed by atoms with E-state index >= 15 is 0 Å². The van der Waals surface area contributed by atoms with Crippen molar-refractivity contribution < 1.29 is 17.6 Å². The molecule has 0 saturated heterocycles. The van der Waals surface area contributed by atoms with Crippen molar-refractivity contribution in [2.45, 2.75) is 18.7 Å². The second-order valence-electron chi connectivity index (χ2n) is 5.97. The predicted molar refractivity (Wildman–Crippen MR) is 95.2 cm³/mol. The molecule has 2 aromatic rings. The molecule has 0 bridgehead atoms. The molecule has 0 aromatic heterocycles. The number of benzene rings is 2. The van der Waals surface area contributed by atoms with Crippen molar-refractivity contribution in [1.29, 1.82) is 0 Å². The summed E-state index contributed by atoms with van der Waals surface area (Å²) >= 11 is 0. The van der Waals surface area contributed by atoms with E-state index < -0.39 is 28.3 Å². The maximum absolute atomic E-state index is 14.2. The average Bonchev–Trinajstić information content (AvgIpc) is 2.59. The van der Waals surface area contributed by atoms with Crippen molar-refractivity contribution in [3.05, 3.63) is 60.4 Å². The van der Waals surface area contributed by atoms with Gasteiger partial charge >= 0.3 is 0 Å². The first kappa shape index (κ1) is 18.9. The van der Waals surface area contributed by atoms with E-state index in [0.717, 1.165) is 10.4 Å². The monoisotopic (exact) mass is 364 g/mol. The summed E-state index contributed by atoms with van der Waals surface area (Å²) in [6.07, 6.45) is 0. The lowest BCUT2D eigenvalue weighted by atomic mass is 10.2. The molecule has 25 heavy (non-hydrogen) atoms. The van der Waals surface area contributed by atoms with Crippen molar-refractivity contribution >= 4 is 21.6 Å². The number of para-hydroxylation sites is 1. The summed E-state index contributed by atoms with van der Waals surface area (Å²) in [5.41, 5.74) is -0.161. The Morgan fingerprint density at radius 3 is 2.28 bits per heavy atom. The highest BCUT2D eigenvalue weighted by molar-refractivity contribution is 7.92.